The molecule has 0 rings (SSSR count). The zero-order valence-corrected chi connectivity index (χ0v) is 10.7. The topological polar surface area (TPSA) is 0 Å². The van der Waals surface area contributed by atoms with Crippen molar-refractivity contribution >= 4 is 17.4 Å². The molecule has 5 heteroatoms. The molecule has 1 radical (unpaired) electrons. The van der Waals surface area contributed by atoms with Crippen molar-refractivity contribution < 1.29 is 99.1 Å². The Kier molecular flexibility index (Phi) is 188. The summed E-state index contributed by atoms with van der Waals surface area (Å²) in [5.41, 5.74) is 0. The molecule has 0 spiro atoms. The van der Waals surface area contributed by atoms with Gasteiger partial charge in [-0.3, -0.25) is 0 Å². The van der Waals surface area contributed by atoms with E-state index < -0.39 is 0 Å². The molecule has 0 nitrogen and oxygen atoms in total. The second-order valence-corrected chi connectivity index (χ2v) is 0. The minimum absolute atomic E-state index is 0. The largest absolute Gasteiger partial charge is 0.187 e. The van der Waals surface area contributed by atoms with Crippen molar-refractivity contribution in [2.75, 3.05) is 0 Å². The number of hydrogen-bond donors (Lipinski definition) is 0. The van der Waals surface area contributed by atoms with Crippen LogP contribution in [0.25, 0.3) is 0 Å². The molecule has 0 aliphatic rings. The molecule has 0 aromatic heterocycles. The first kappa shape index (κ1) is 37.4. The van der Waals surface area contributed by atoms with Gasteiger partial charge in [-0.25, -0.2) is 0 Å². The molecule has 5 heavy (non-hydrogen) atoms. The fourth-order valence-electron chi connectivity index (χ4n) is 0. The molecule has 0 aromatic rings. The predicted molar refractivity (Wildman–Crippen MR) is 9.94 cm³/mol. The van der Waals surface area contributed by atoms with Crippen LogP contribution in [0.15, 0.2) is 0 Å². The second kappa shape index (κ2) is 25.1. The molecule has 0 amide bonds. The Morgan fingerprint density at radius 1 is 1.00 bits per heavy atom. The van der Waals surface area contributed by atoms with E-state index in [1.54, 1.807) is 0 Å². The van der Waals surface area contributed by atoms with Gasteiger partial charge in [-0.1, -0.05) is 0 Å². The summed E-state index contributed by atoms with van der Waals surface area (Å²) in [5, 5.41) is 0. The Morgan fingerprint density at radius 2 is 1.00 bits per heavy atom. The first-order valence-corrected chi connectivity index (χ1v) is 0. The van der Waals surface area contributed by atoms with E-state index in [2.05, 4.69) is 0 Å². The van der Waals surface area contributed by atoms with Gasteiger partial charge >= 0.3 is 0 Å². The summed E-state index contributed by atoms with van der Waals surface area (Å²) in [6.45, 7) is 0. The van der Waals surface area contributed by atoms with Crippen LogP contribution in [0, 0.1) is 40.8 Å². The fraction of sp³-hybridized carbons (Fsp3) is 0. The van der Waals surface area contributed by atoms with Crippen molar-refractivity contribution in [1.29, 1.82) is 0 Å². The van der Waals surface area contributed by atoms with Gasteiger partial charge in [0.25, 0.3) is 0 Å². The zero-order valence-electron chi connectivity index (χ0n) is 2.01. The van der Waals surface area contributed by atoms with Gasteiger partial charge in [0.15, 0.2) is 17.4 Å². The summed E-state index contributed by atoms with van der Waals surface area (Å²) in [7, 11) is 0. The van der Waals surface area contributed by atoms with Gasteiger partial charge in [0.1, 0.15) is 0 Å². The van der Waals surface area contributed by atoms with E-state index >= 15 is 0 Å². The normalized spacial score (nSPS) is 0. The molecule has 0 saturated carbocycles. The summed E-state index contributed by atoms with van der Waals surface area (Å²) in [4.78, 5) is 0. The number of rotatable bonds is 0. The maximum absolute atomic E-state index is 0. The molecule has 0 aromatic carbocycles. The van der Waals surface area contributed by atoms with E-state index in [4.69, 9.17) is 0 Å². The summed E-state index contributed by atoms with van der Waals surface area (Å²) < 4.78 is 0. The molecule has 0 aliphatic carbocycles. The summed E-state index contributed by atoms with van der Waals surface area (Å²) >= 11 is 0. The molecule has 0 saturated heterocycles. The Balaban J connectivity index is 0. The predicted octanol–water partition coefficient (Wildman–Crippen LogP) is -1.19. The van der Waals surface area contributed by atoms with Crippen LogP contribution in [0.4, 0.5) is 0 Å². The quantitative estimate of drug-likeness (QED) is 0.482. The average molecular weight is 351 g/mol. The van der Waals surface area contributed by atoms with Crippen LogP contribution >= 0.6 is 0 Å². The van der Waals surface area contributed by atoms with Crippen molar-refractivity contribution in [3.05, 3.63) is 0 Å². The van der Waals surface area contributed by atoms with Crippen molar-refractivity contribution in [3.8, 4) is 0 Å². The van der Waals surface area contributed by atoms with Crippen LogP contribution in [0.5, 0.6) is 0 Å². The number of hydrogen-bond acceptors (Lipinski definition) is 0. The van der Waals surface area contributed by atoms with E-state index in [9.17, 15) is 0 Å². The SMILES string of the molecule is [AlH3].[Cu].[Nd].[Ti].[Zn]. The summed E-state index contributed by atoms with van der Waals surface area (Å²) in [6, 6.07) is 0. The van der Waals surface area contributed by atoms with E-state index in [1.807, 2.05) is 0 Å². The van der Waals surface area contributed by atoms with Crippen LogP contribution < -0.4 is 0 Å². The van der Waals surface area contributed by atoms with Crippen LogP contribution in [-0.4, -0.2) is 17.4 Å². The first-order chi connectivity index (χ1) is 0. The Morgan fingerprint density at radius 3 is 1.00 bits per heavy atom. The van der Waals surface area contributed by atoms with Gasteiger partial charge in [-0.2, -0.15) is 0 Å². The third-order valence-corrected chi connectivity index (χ3v) is 0. The molecule has 0 bridgehead atoms. The molecule has 0 fully saturated rings. The van der Waals surface area contributed by atoms with Gasteiger partial charge in [0.05, 0.1) is 0 Å². The minimum Gasteiger partial charge on any atom is 0 e. The van der Waals surface area contributed by atoms with E-state index in [1.165, 1.54) is 0 Å². The van der Waals surface area contributed by atoms with Crippen LogP contribution in [0.3, 0.4) is 0 Å². The first-order valence-electron chi connectivity index (χ1n) is 0. The van der Waals surface area contributed by atoms with E-state index in [-0.39, 0.29) is 116 Å². The Bertz CT molecular complexity index is 11.6. The Labute approximate surface area is 114 Å². The molecule has 27 valence electrons. The fourth-order valence-corrected chi connectivity index (χ4v) is 0. The van der Waals surface area contributed by atoms with Crippen LogP contribution in [0.1, 0.15) is 0 Å². The molecule has 0 unspecified atom stereocenters. The maximum Gasteiger partial charge on any atom is 0.187 e. The zero-order chi connectivity index (χ0) is 0. The van der Waals surface area contributed by atoms with Crippen LogP contribution in [0.2, 0.25) is 0 Å². The molecule has 0 atom stereocenters. The minimum atomic E-state index is 0. The van der Waals surface area contributed by atoms with Crippen molar-refractivity contribution in [2.24, 2.45) is 0 Å². The second-order valence-electron chi connectivity index (χ2n) is 0. The van der Waals surface area contributed by atoms with Crippen LogP contribution in [-0.2, 0) is 58.3 Å². The molecule has 0 heterocycles. The van der Waals surface area contributed by atoms with Crippen molar-refractivity contribution in [3.63, 3.8) is 0 Å². The van der Waals surface area contributed by atoms with Gasteiger partial charge < -0.3 is 0 Å². The van der Waals surface area contributed by atoms with E-state index in [0.29, 0.717) is 0 Å². The molecule has 0 aliphatic heterocycles. The standard InChI is InChI=1S/Al.Cu.Nd.Ti.Zn.3H. The van der Waals surface area contributed by atoms with Gasteiger partial charge in [-0.05, 0) is 0 Å². The van der Waals surface area contributed by atoms with Gasteiger partial charge in [0.2, 0.25) is 0 Å². The van der Waals surface area contributed by atoms with Gasteiger partial charge in [0, 0.05) is 99.1 Å². The summed E-state index contributed by atoms with van der Waals surface area (Å²) in [6.07, 6.45) is 0. The smallest absolute Gasteiger partial charge is 0 e. The van der Waals surface area contributed by atoms with E-state index in [0.717, 1.165) is 0 Å². The molecular weight excluding hydrogens is 348 g/mol. The van der Waals surface area contributed by atoms with Crippen molar-refractivity contribution in [2.45, 2.75) is 0 Å². The third-order valence-electron chi connectivity index (χ3n) is 0. The monoisotopic (exact) mass is 347 g/mol. The summed E-state index contributed by atoms with van der Waals surface area (Å²) in [5.74, 6) is 0. The van der Waals surface area contributed by atoms with Crippen molar-refractivity contribution in [1.82, 2.24) is 0 Å². The van der Waals surface area contributed by atoms with Gasteiger partial charge in [-0.15, -0.1) is 0 Å². The third kappa shape index (κ3) is 18.2. The Hall–Kier alpha value is 3.74. The molecule has 0 N–H and O–H groups in total. The maximum atomic E-state index is 0. The molecular formula is H3AlCuNdTiZn. The average Bonchev–Trinajstić information content (AvgIpc) is 0.